The highest BCUT2D eigenvalue weighted by Gasteiger charge is 2.28. The van der Waals surface area contributed by atoms with Crippen molar-refractivity contribution in [2.45, 2.75) is 32.4 Å². The SMILES string of the molecule is CCCCN1N=C(C)C(C(=O)O)=S1Cc1ccn2c(C(=O)O)c(-c3ccccc3)nc2n1. The fraction of sp³-hybridized carbons (Fsp3) is 0.273. The van der Waals surface area contributed by atoms with Crippen LogP contribution in [-0.4, -0.2) is 58.1 Å². The molecule has 9 nitrogen and oxygen atoms in total. The van der Waals surface area contributed by atoms with Gasteiger partial charge in [0.05, 0.1) is 17.2 Å². The van der Waals surface area contributed by atoms with Crippen LogP contribution in [0.3, 0.4) is 0 Å². The van der Waals surface area contributed by atoms with Crippen molar-refractivity contribution in [3.8, 4) is 11.3 Å². The van der Waals surface area contributed by atoms with Crippen LogP contribution in [0.2, 0.25) is 0 Å². The average Bonchev–Trinajstić information content (AvgIpc) is 3.30. The molecule has 32 heavy (non-hydrogen) atoms. The summed E-state index contributed by atoms with van der Waals surface area (Å²) in [7, 11) is -0.771. The third kappa shape index (κ3) is 4.01. The molecule has 2 aromatic heterocycles. The second-order valence-electron chi connectivity index (χ2n) is 7.33. The summed E-state index contributed by atoms with van der Waals surface area (Å²) in [6.45, 7) is 4.46. The number of rotatable bonds is 8. The number of aliphatic carboxylic acids is 1. The van der Waals surface area contributed by atoms with E-state index < -0.39 is 22.6 Å². The number of imidazole rings is 1. The van der Waals surface area contributed by atoms with Crippen LogP contribution in [0.1, 0.15) is 42.9 Å². The molecule has 1 unspecified atom stereocenters. The molecule has 10 heteroatoms. The Morgan fingerprint density at radius 2 is 1.81 bits per heavy atom. The molecule has 0 aliphatic carbocycles. The van der Waals surface area contributed by atoms with E-state index in [1.54, 1.807) is 31.3 Å². The van der Waals surface area contributed by atoms with E-state index in [1.165, 1.54) is 4.40 Å². The van der Waals surface area contributed by atoms with E-state index in [-0.39, 0.29) is 11.5 Å². The van der Waals surface area contributed by atoms with Gasteiger partial charge in [0.1, 0.15) is 10.6 Å². The van der Waals surface area contributed by atoms with Gasteiger partial charge in [0.15, 0.2) is 5.69 Å². The highest BCUT2D eigenvalue weighted by atomic mass is 32.2. The summed E-state index contributed by atoms with van der Waals surface area (Å²) in [6, 6.07) is 10.8. The van der Waals surface area contributed by atoms with Gasteiger partial charge in [0.2, 0.25) is 5.78 Å². The Kier molecular flexibility index (Phi) is 6.04. The van der Waals surface area contributed by atoms with E-state index >= 15 is 0 Å². The fourth-order valence-electron chi connectivity index (χ4n) is 3.58. The minimum atomic E-state index is -1.10. The maximum Gasteiger partial charge on any atom is 0.355 e. The normalized spacial score (nSPS) is 15.9. The molecule has 2 N–H and O–H groups in total. The van der Waals surface area contributed by atoms with Crippen LogP contribution >= 0.6 is 10.7 Å². The maximum absolute atomic E-state index is 12.0. The second-order valence-corrected chi connectivity index (χ2v) is 9.18. The number of hydrogen-bond acceptors (Lipinski definition) is 6. The molecule has 1 aliphatic rings. The standard InChI is InChI=1S/C22H23N5O4S/c1-3-4-11-27-25-14(2)19(21(30)31)32(27)13-16-10-12-26-18(20(28)29)17(24-22(26)23-16)15-8-6-5-7-9-15/h5-10,12H,3-4,11,13H2,1-2H3,(H,28,29)(H,30,31). The maximum atomic E-state index is 12.0. The number of carbonyl (C=O) groups is 2. The Hall–Kier alpha value is -3.53. The molecule has 4 rings (SSSR count). The van der Waals surface area contributed by atoms with Gasteiger partial charge in [-0.25, -0.2) is 24.0 Å². The zero-order chi connectivity index (χ0) is 22.8. The number of hydrazone groups is 1. The van der Waals surface area contributed by atoms with Crippen molar-refractivity contribution in [3.63, 3.8) is 0 Å². The van der Waals surface area contributed by atoms with Crippen LogP contribution in [0, 0.1) is 0 Å². The Labute approximate surface area is 187 Å². The number of fused-ring (bicyclic) bond motifs is 1. The monoisotopic (exact) mass is 453 g/mol. The van der Waals surface area contributed by atoms with Gasteiger partial charge in [-0.05, 0) is 19.4 Å². The first-order chi connectivity index (χ1) is 15.4. The van der Waals surface area contributed by atoms with Crippen molar-refractivity contribution in [2.24, 2.45) is 5.10 Å². The molecule has 0 bridgehead atoms. The molecule has 3 heterocycles. The van der Waals surface area contributed by atoms with E-state index in [0.29, 0.717) is 39.8 Å². The highest BCUT2D eigenvalue weighted by Crippen LogP contribution is 2.33. The number of hydrogen-bond donors (Lipinski definition) is 2. The Morgan fingerprint density at radius 1 is 1.06 bits per heavy atom. The molecule has 0 radical (unpaired) electrons. The topological polar surface area (TPSA) is 120 Å². The van der Waals surface area contributed by atoms with Gasteiger partial charge < -0.3 is 10.2 Å². The predicted octanol–water partition coefficient (Wildman–Crippen LogP) is 3.53. The van der Waals surface area contributed by atoms with E-state index in [2.05, 4.69) is 22.0 Å². The van der Waals surface area contributed by atoms with Crippen LogP contribution in [-0.2, 0) is 10.5 Å². The van der Waals surface area contributed by atoms with Crippen molar-refractivity contribution in [1.82, 2.24) is 18.8 Å². The number of carboxylic acid groups (broad SMARTS) is 2. The minimum Gasteiger partial charge on any atom is -0.477 e. The number of benzene rings is 1. The van der Waals surface area contributed by atoms with Crippen LogP contribution in [0.25, 0.3) is 17.0 Å². The van der Waals surface area contributed by atoms with E-state index in [4.69, 9.17) is 0 Å². The van der Waals surface area contributed by atoms with Gasteiger partial charge in [0, 0.05) is 18.3 Å². The Morgan fingerprint density at radius 3 is 2.47 bits per heavy atom. The summed E-state index contributed by atoms with van der Waals surface area (Å²) in [5, 5.41) is 24.0. The van der Waals surface area contributed by atoms with Crippen molar-refractivity contribution in [3.05, 3.63) is 54.0 Å². The van der Waals surface area contributed by atoms with Crippen LogP contribution in [0.15, 0.2) is 47.7 Å². The number of carboxylic acids is 2. The summed E-state index contributed by atoms with van der Waals surface area (Å²) >= 11 is 0. The molecule has 0 saturated carbocycles. The van der Waals surface area contributed by atoms with Crippen LogP contribution in [0.4, 0.5) is 0 Å². The van der Waals surface area contributed by atoms with Crippen LogP contribution < -0.4 is 0 Å². The molecule has 3 aromatic rings. The lowest BCUT2D eigenvalue weighted by molar-refractivity contribution is -0.128. The molecular weight excluding hydrogens is 430 g/mol. The summed E-state index contributed by atoms with van der Waals surface area (Å²) in [5.74, 6) is -1.45. The van der Waals surface area contributed by atoms with Gasteiger partial charge in [-0.3, -0.25) is 4.40 Å². The predicted molar refractivity (Wildman–Crippen MR) is 124 cm³/mol. The van der Waals surface area contributed by atoms with Gasteiger partial charge in [-0.15, -0.1) is 0 Å². The van der Waals surface area contributed by atoms with Crippen molar-refractivity contribution >= 4 is 39.0 Å². The van der Waals surface area contributed by atoms with Gasteiger partial charge in [-0.1, -0.05) is 54.3 Å². The molecule has 1 atom stereocenters. The Bertz CT molecular complexity index is 1270. The summed E-state index contributed by atoms with van der Waals surface area (Å²) in [6.07, 6.45) is 3.51. The zero-order valence-electron chi connectivity index (χ0n) is 17.7. The summed E-state index contributed by atoms with van der Waals surface area (Å²) in [4.78, 5) is 33.2. The molecule has 0 saturated heterocycles. The molecule has 0 spiro atoms. The lowest BCUT2D eigenvalue weighted by Crippen LogP contribution is -2.20. The minimum absolute atomic E-state index is 0.0371. The van der Waals surface area contributed by atoms with Gasteiger partial charge in [0.25, 0.3) is 0 Å². The molecular formula is C22H23N5O4S. The van der Waals surface area contributed by atoms with Crippen molar-refractivity contribution in [2.75, 3.05) is 6.54 Å². The first-order valence-corrected chi connectivity index (χ1v) is 11.6. The molecule has 0 fully saturated rings. The number of aromatic carboxylic acids is 1. The largest absolute Gasteiger partial charge is 0.477 e. The zero-order valence-corrected chi connectivity index (χ0v) is 18.5. The van der Waals surface area contributed by atoms with E-state index in [0.717, 1.165) is 12.8 Å². The second kappa shape index (κ2) is 8.91. The molecule has 0 amide bonds. The quantitative estimate of drug-likeness (QED) is 0.501. The lowest BCUT2D eigenvalue weighted by atomic mass is 10.1. The van der Waals surface area contributed by atoms with Crippen molar-refractivity contribution < 1.29 is 19.8 Å². The third-order valence-electron chi connectivity index (χ3n) is 5.06. The highest BCUT2D eigenvalue weighted by molar-refractivity contribution is 8.15. The van der Waals surface area contributed by atoms with Gasteiger partial charge in [-0.2, -0.15) is 5.10 Å². The summed E-state index contributed by atoms with van der Waals surface area (Å²) in [5.41, 5.74) is 2.21. The Balaban J connectivity index is 1.76. The fourth-order valence-corrected chi connectivity index (χ4v) is 5.68. The van der Waals surface area contributed by atoms with E-state index in [9.17, 15) is 19.8 Å². The number of aromatic nitrogens is 3. The van der Waals surface area contributed by atoms with Gasteiger partial charge >= 0.3 is 11.9 Å². The first-order valence-electron chi connectivity index (χ1n) is 10.2. The smallest absolute Gasteiger partial charge is 0.355 e. The first kappa shape index (κ1) is 21.7. The number of unbranched alkanes of at least 4 members (excludes halogenated alkanes) is 1. The molecule has 1 aliphatic heterocycles. The molecule has 166 valence electrons. The summed E-state index contributed by atoms with van der Waals surface area (Å²) < 4.78 is 3.29. The average molecular weight is 454 g/mol. The number of nitrogens with zero attached hydrogens (tertiary/aromatic N) is 5. The lowest BCUT2D eigenvalue weighted by Gasteiger charge is -2.19. The molecule has 1 aromatic carbocycles. The van der Waals surface area contributed by atoms with Crippen LogP contribution in [0.5, 0.6) is 0 Å². The van der Waals surface area contributed by atoms with E-state index in [1.807, 2.05) is 22.6 Å². The third-order valence-corrected chi connectivity index (χ3v) is 7.35. The van der Waals surface area contributed by atoms with Crippen molar-refractivity contribution in [1.29, 1.82) is 0 Å².